The molecule has 0 fully saturated rings. The van der Waals surface area contributed by atoms with Gasteiger partial charge in [0.1, 0.15) is 6.61 Å². The maximum atomic E-state index is 11.9. The van der Waals surface area contributed by atoms with Gasteiger partial charge in [0.25, 0.3) is 0 Å². The second-order valence-electron chi connectivity index (χ2n) is 5.68. The SMILES string of the molecule is CC(C)SCC(C)(CC(=O)O)NC(=O)OCc1ccccc1. The summed E-state index contributed by atoms with van der Waals surface area (Å²) in [6.07, 6.45) is -0.746. The summed E-state index contributed by atoms with van der Waals surface area (Å²) in [5.41, 5.74) is 0.0447. The van der Waals surface area contributed by atoms with E-state index in [9.17, 15) is 9.59 Å². The molecule has 0 radical (unpaired) electrons. The summed E-state index contributed by atoms with van der Waals surface area (Å²) in [5.74, 6) is -0.438. The number of hydrogen-bond acceptors (Lipinski definition) is 4. The average molecular weight is 325 g/mol. The average Bonchev–Trinajstić information content (AvgIpc) is 2.43. The third-order valence-electron chi connectivity index (χ3n) is 2.89. The zero-order valence-electron chi connectivity index (χ0n) is 13.2. The Morgan fingerprint density at radius 2 is 1.95 bits per heavy atom. The molecule has 0 saturated heterocycles. The first-order valence-corrected chi connectivity index (χ1v) is 8.18. The Hall–Kier alpha value is -1.69. The van der Waals surface area contributed by atoms with Crippen molar-refractivity contribution in [1.82, 2.24) is 5.32 Å². The Morgan fingerprint density at radius 1 is 1.32 bits per heavy atom. The second-order valence-corrected chi connectivity index (χ2v) is 7.24. The molecule has 22 heavy (non-hydrogen) atoms. The van der Waals surface area contributed by atoms with E-state index < -0.39 is 17.6 Å². The number of carboxylic acid groups (broad SMARTS) is 1. The highest BCUT2D eigenvalue weighted by atomic mass is 32.2. The fourth-order valence-corrected chi connectivity index (χ4v) is 2.70. The number of nitrogens with one attached hydrogen (secondary N) is 1. The van der Waals surface area contributed by atoms with Crippen LogP contribution in [0, 0.1) is 0 Å². The number of thioether (sulfide) groups is 1. The van der Waals surface area contributed by atoms with Crippen LogP contribution in [0.4, 0.5) is 4.79 Å². The molecule has 0 aliphatic heterocycles. The van der Waals surface area contributed by atoms with Crippen LogP contribution < -0.4 is 5.32 Å². The Bertz CT molecular complexity index is 492. The largest absolute Gasteiger partial charge is 0.481 e. The van der Waals surface area contributed by atoms with Gasteiger partial charge in [-0.2, -0.15) is 11.8 Å². The van der Waals surface area contributed by atoms with Gasteiger partial charge in [0, 0.05) is 5.75 Å². The maximum absolute atomic E-state index is 11.9. The lowest BCUT2D eigenvalue weighted by Crippen LogP contribution is -2.49. The van der Waals surface area contributed by atoms with Crippen molar-refractivity contribution >= 4 is 23.8 Å². The smallest absolute Gasteiger partial charge is 0.407 e. The number of benzene rings is 1. The summed E-state index contributed by atoms with van der Waals surface area (Å²) in [6.45, 7) is 5.94. The van der Waals surface area contributed by atoms with Crippen LogP contribution in [0.2, 0.25) is 0 Å². The first-order chi connectivity index (χ1) is 10.3. The van der Waals surface area contributed by atoms with E-state index in [0.29, 0.717) is 11.0 Å². The van der Waals surface area contributed by atoms with Crippen LogP contribution in [0.15, 0.2) is 30.3 Å². The molecule has 0 saturated carbocycles. The summed E-state index contributed by atoms with van der Waals surface area (Å²) in [4.78, 5) is 22.9. The van der Waals surface area contributed by atoms with E-state index in [-0.39, 0.29) is 13.0 Å². The number of carboxylic acids is 1. The zero-order valence-corrected chi connectivity index (χ0v) is 14.0. The molecule has 1 rings (SSSR count). The van der Waals surface area contributed by atoms with Gasteiger partial charge in [-0.05, 0) is 17.7 Å². The van der Waals surface area contributed by atoms with Crippen molar-refractivity contribution in [3.63, 3.8) is 0 Å². The van der Waals surface area contributed by atoms with E-state index in [1.165, 1.54) is 0 Å². The molecule has 2 N–H and O–H groups in total. The van der Waals surface area contributed by atoms with Crippen molar-refractivity contribution < 1.29 is 19.4 Å². The van der Waals surface area contributed by atoms with Crippen molar-refractivity contribution in [3.05, 3.63) is 35.9 Å². The predicted octanol–water partition coefficient (Wildman–Crippen LogP) is 3.29. The Morgan fingerprint density at radius 3 is 2.50 bits per heavy atom. The van der Waals surface area contributed by atoms with Gasteiger partial charge in [-0.3, -0.25) is 4.79 Å². The Kier molecular flexibility index (Phi) is 7.24. The minimum atomic E-state index is -0.949. The number of carbonyl (C=O) groups is 2. The van der Waals surface area contributed by atoms with Gasteiger partial charge in [0.05, 0.1) is 12.0 Å². The number of rotatable bonds is 8. The quantitative estimate of drug-likeness (QED) is 0.767. The lowest BCUT2D eigenvalue weighted by atomic mass is 10.0. The van der Waals surface area contributed by atoms with Gasteiger partial charge >= 0.3 is 12.1 Å². The van der Waals surface area contributed by atoms with E-state index in [4.69, 9.17) is 9.84 Å². The molecule has 0 heterocycles. The van der Waals surface area contributed by atoms with Gasteiger partial charge in [0.2, 0.25) is 0 Å². The Balaban J connectivity index is 2.56. The van der Waals surface area contributed by atoms with Gasteiger partial charge in [-0.25, -0.2) is 4.79 Å². The van der Waals surface area contributed by atoms with Crippen molar-refractivity contribution in [2.75, 3.05) is 5.75 Å². The number of aliphatic carboxylic acids is 1. The monoisotopic (exact) mass is 325 g/mol. The molecule has 122 valence electrons. The first kappa shape index (κ1) is 18.4. The zero-order chi connectivity index (χ0) is 16.6. The van der Waals surface area contributed by atoms with E-state index in [2.05, 4.69) is 5.32 Å². The maximum Gasteiger partial charge on any atom is 0.407 e. The number of hydrogen-bond donors (Lipinski definition) is 2. The molecular formula is C16H23NO4S. The lowest BCUT2D eigenvalue weighted by Gasteiger charge is -2.29. The molecular weight excluding hydrogens is 302 g/mol. The van der Waals surface area contributed by atoms with E-state index in [1.54, 1.807) is 18.7 Å². The summed E-state index contributed by atoms with van der Waals surface area (Å²) in [5, 5.41) is 12.1. The molecule has 1 aromatic carbocycles. The first-order valence-electron chi connectivity index (χ1n) is 7.13. The van der Waals surface area contributed by atoms with Crippen LogP contribution in [-0.4, -0.2) is 33.7 Å². The lowest BCUT2D eigenvalue weighted by molar-refractivity contribution is -0.138. The van der Waals surface area contributed by atoms with Crippen molar-refractivity contribution in [2.24, 2.45) is 0 Å². The van der Waals surface area contributed by atoms with Crippen LogP contribution in [0.3, 0.4) is 0 Å². The standard InChI is InChI=1S/C16H23NO4S/c1-12(2)22-11-16(3,9-14(18)19)17-15(20)21-10-13-7-5-4-6-8-13/h4-8,12H,9-11H2,1-3H3,(H,17,20)(H,18,19). The molecule has 0 bridgehead atoms. The molecule has 0 aliphatic carbocycles. The second kappa shape index (κ2) is 8.68. The van der Waals surface area contributed by atoms with E-state index in [1.807, 2.05) is 44.2 Å². The number of alkyl carbamates (subject to hydrolysis) is 1. The highest BCUT2D eigenvalue weighted by Crippen LogP contribution is 2.21. The molecule has 6 heteroatoms. The Labute approximate surface area is 135 Å². The molecule has 1 amide bonds. The third kappa shape index (κ3) is 7.36. The molecule has 0 spiro atoms. The van der Waals surface area contributed by atoms with Crippen LogP contribution in [0.25, 0.3) is 0 Å². The van der Waals surface area contributed by atoms with Crippen LogP contribution in [-0.2, 0) is 16.1 Å². The third-order valence-corrected chi connectivity index (χ3v) is 4.36. The fourth-order valence-electron chi connectivity index (χ4n) is 1.82. The highest BCUT2D eigenvalue weighted by molar-refractivity contribution is 7.99. The number of carbonyl (C=O) groups excluding carboxylic acids is 1. The number of ether oxygens (including phenoxy) is 1. The van der Waals surface area contributed by atoms with Crippen LogP contribution in [0.5, 0.6) is 0 Å². The van der Waals surface area contributed by atoms with Crippen molar-refractivity contribution in [2.45, 2.75) is 44.6 Å². The molecule has 1 unspecified atom stereocenters. The summed E-state index contributed by atoms with van der Waals surface area (Å²) in [7, 11) is 0. The summed E-state index contributed by atoms with van der Waals surface area (Å²) >= 11 is 1.60. The fraction of sp³-hybridized carbons (Fsp3) is 0.500. The van der Waals surface area contributed by atoms with Crippen molar-refractivity contribution in [3.8, 4) is 0 Å². The van der Waals surface area contributed by atoms with Gasteiger partial charge < -0.3 is 15.2 Å². The summed E-state index contributed by atoms with van der Waals surface area (Å²) in [6, 6.07) is 9.34. The number of amides is 1. The van der Waals surface area contributed by atoms with Crippen LogP contribution >= 0.6 is 11.8 Å². The molecule has 5 nitrogen and oxygen atoms in total. The topological polar surface area (TPSA) is 75.6 Å². The van der Waals surface area contributed by atoms with Crippen molar-refractivity contribution in [1.29, 1.82) is 0 Å². The molecule has 1 aromatic rings. The minimum absolute atomic E-state index is 0.146. The molecule has 0 aliphatic rings. The highest BCUT2D eigenvalue weighted by Gasteiger charge is 2.30. The minimum Gasteiger partial charge on any atom is -0.481 e. The van der Waals surface area contributed by atoms with Gasteiger partial charge in [0.15, 0.2) is 0 Å². The van der Waals surface area contributed by atoms with E-state index in [0.717, 1.165) is 5.56 Å². The van der Waals surface area contributed by atoms with Gasteiger partial charge in [-0.1, -0.05) is 44.2 Å². The predicted molar refractivity (Wildman–Crippen MR) is 88.0 cm³/mol. The molecule has 1 atom stereocenters. The van der Waals surface area contributed by atoms with Gasteiger partial charge in [-0.15, -0.1) is 0 Å². The summed E-state index contributed by atoms with van der Waals surface area (Å²) < 4.78 is 5.16. The molecule has 0 aromatic heterocycles. The van der Waals surface area contributed by atoms with E-state index >= 15 is 0 Å². The normalized spacial score (nSPS) is 13.5. The van der Waals surface area contributed by atoms with Crippen LogP contribution in [0.1, 0.15) is 32.8 Å².